The van der Waals surface area contributed by atoms with Crippen molar-refractivity contribution in [3.8, 4) is 0 Å². The van der Waals surface area contributed by atoms with Gasteiger partial charge in [-0.05, 0) is 38.8 Å². The summed E-state index contributed by atoms with van der Waals surface area (Å²) in [5.74, 6) is 0.277. The van der Waals surface area contributed by atoms with E-state index in [4.69, 9.17) is 4.52 Å². The molecule has 1 aromatic carbocycles. The van der Waals surface area contributed by atoms with Crippen molar-refractivity contribution in [3.63, 3.8) is 0 Å². The van der Waals surface area contributed by atoms with Gasteiger partial charge in [0.2, 0.25) is 5.91 Å². The number of hydrogen-bond donors (Lipinski definition) is 1. The summed E-state index contributed by atoms with van der Waals surface area (Å²) in [6.45, 7) is 9.87. The van der Waals surface area contributed by atoms with Crippen molar-refractivity contribution in [1.29, 1.82) is 0 Å². The predicted octanol–water partition coefficient (Wildman–Crippen LogP) is 3.01. The summed E-state index contributed by atoms with van der Waals surface area (Å²) in [7, 11) is 1.72. The second-order valence-electron chi connectivity index (χ2n) is 7.06. The fourth-order valence-electron chi connectivity index (χ4n) is 2.72. The molecule has 0 saturated heterocycles. The number of aromatic nitrogens is 1. The second-order valence-corrected chi connectivity index (χ2v) is 7.06. The largest absolute Gasteiger partial charge is 0.361 e. The molecule has 0 aliphatic carbocycles. The first-order valence-corrected chi connectivity index (χ1v) is 8.75. The highest BCUT2D eigenvalue weighted by atomic mass is 16.5. The molecule has 1 aromatic heterocycles. The molecule has 1 heterocycles. The van der Waals surface area contributed by atoms with Crippen LogP contribution in [-0.2, 0) is 11.3 Å². The molecule has 2 rings (SSSR count). The number of carbonyl (C=O) groups excluding carboxylic acids is 2. The van der Waals surface area contributed by atoms with E-state index in [2.05, 4.69) is 10.5 Å². The van der Waals surface area contributed by atoms with Crippen LogP contribution in [0.15, 0.2) is 28.8 Å². The van der Waals surface area contributed by atoms with Crippen LogP contribution in [-0.4, -0.2) is 35.0 Å². The Morgan fingerprint density at radius 1 is 1.15 bits per heavy atom. The second kappa shape index (κ2) is 8.17. The Kier molecular flexibility index (Phi) is 6.18. The predicted molar refractivity (Wildman–Crippen MR) is 99.7 cm³/mol. The van der Waals surface area contributed by atoms with Crippen molar-refractivity contribution < 1.29 is 14.1 Å². The minimum atomic E-state index is -0.603. The lowest BCUT2D eigenvalue weighted by Crippen LogP contribution is -2.50. The number of hydrogen-bond acceptors (Lipinski definition) is 4. The van der Waals surface area contributed by atoms with Gasteiger partial charge in [-0.1, -0.05) is 36.7 Å². The van der Waals surface area contributed by atoms with Gasteiger partial charge in [0.05, 0.1) is 12.2 Å². The number of likely N-dealkylation sites (N-methyl/N-ethyl adjacent to an activating group) is 1. The lowest BCUT2D eigenvalue weighted by atomic mass is 10.0. The van der Waals surface area contributed by atoms with Crippen LogP contribution in [0, 0.1) is 26.7 Å². The van der Waals surface area contributed by atoms with Crippen LogP contribution in [0.3, 0.4) is 0 Å². The van der Waals surface area contributed by atoms with E-state index >= 15 is 0 Å². The molecule has 0 aliphatic heterocycles. The summed E-state index contributed by atoms with van der Waals surface area (Å²) < 4.78 is 5.16. The molecule has 1 N–H and O–H groups in total. The summed E-state index contributed by atoms with van der Waals surface area (Å²) in [5.41, 5.74) is 3.29. The highest BCUT2D eigenvalue weighted by Crippen LogP contribution is 2.16. The molecule has 0 aliphatic rings. The molecule has 2 aromatic rings. The number of amides is 2. The summed E-state index contributed by atoms with van der Waals surface area (Å²) >= 11 is 0. The van der Waals surface area contributed by atoms with E-state index in [9.17, 15) is 9.59 Å². The number of nitrogens with one attached hydrogen (secondary N) is 1. The summed E-state index contributed by atoms with van der Waals surface area (Å²) in [4.78, 5) is 27.0. The highest BCUT2D eigenvalue weighted by Gasteiger charge is 2.28. The molecule has 0 bridgehead atoms. The van der Waals surface area contributed by atoms with Crippen molar-refractivity contribution in [3.05, 3.63) is 52.4 Å². The van der Waals surface area contributed by atoms with Gasteiger partial charge in [-0.15, -0.1) is 0 Å². The molecule has 0 spiro atoms. The lowest BCUT2D eigenvalue weighted by Gasteiger charge is -2.27. The molecule has 26 heavy (non-hydrogen) atoms. The molecule has 6 heteroatoms. The van der Waals surface area contributed by atoms with E-state index in [1.165, 1.54) is 0 Å². The quantitative estimate of drug-likeness (QED) is 0.862. The van der Waals surface area contributed by atoms with Gasteiger partial charge in [-0.25, -0.2) is 0 Å². The zero-order valence-corrected chi connectivity index (χ0v) is 16.3. The van der Waals surface area contributed by atoms with Crippen molar-refractivity contribution in [2.45, 2.75) is 47.2 Å². The van der Waals surface area contributed by atoms with Crippen molar-refractivity contribution in [2.75, 3.05) is 7.05 Å². The van der Waals surface area contributed by atoms with Gasteiger partial charge >= 0.3 is 0 Å². The van der Waals surface area contributed by atoms with Gasteiger partial charge in [-0.3, -0.25) is 9.59 Å². The monoisotopic (exact) mass is 357 g/mol. The van der Waals surface area contributed by atoms with Crippen LogP contribution in [0.2, 0.25) is 0 Å². The Hall–Kier alpha value is -2.63. The SMILES string of the molecule is Cc1ccc(C(=O)NC(C(=O)N(C)Cc2c(C)noc2C)C(C)C)cc1. The average molecular weight is 357 g/mol. The maximum atomic E-state index is 12.9. The molecule has 0 fully saturated rings. The van der Waals surface area contributed by atoms with Crippen molar-refractivity contribution in [2.24, 2.45) is 5.92 Å². The zero-order valence-electron chi connectivity index (χ0n) is 16.3. The molecule has 140 valence electrons. The molecule has 1 unspecified atom stereocenters. The van der Waals surface area contributed by atoms with Crippen LogP contribution in [0.5, 0.6) is 0 Å². The summed E-state index contributed by atoms with van der Waals surface area (Å²) in [6.07, 6.45) is 0. The summed E-state index contributed by atoms with van der Waals surface area (Å²) in [5, 5.41) is 6.79. The van der Waals surface area contributed by atoms with Crippen LogP contribution in [0.1, 0.15) is 46.8 Å². The summed E-state index contributed by atoms with van der Waals surface area (Å²) in [6, 6.07) is 6.68. The van der Waals surface area contributed by atoms with Crippen molar-refractivity contribution >= 4 is 11.8 Å². The van der Waals surface area contributed by atoms with E-state index < -0.39 is 6.04 Å². The number of carbonyl (C=O) groups is 2. The first kappa shape index (κ1) is 19.7. The first-order valence-electron chi connectivity index (χ1n) is 8.75. The van der Waals surface area contributed by atoms with Gasteiger partial charge in [0.15, 0.2) is 0 Å². The topological polar surface area (TPSA) is 75.4 Å². The number of nitrogens with zero attached hydrogens (tertiary/aromatic N) is 2. The minimum absolute atomic E-state index is 0.0379. The molecule has 1 atom stereocenters. The normalized spacial score (nSPS) is 12.1. The lowest BCUT2D eigenvalue weighted by molar-refractivity contribution is -0.133. The van der Waals surface area contributed by atoms with Gasteiger partial charge in [0.1, 0.15) is 11.8 Å². The minimum Gasteiger partial charge on any atom is -0.361 e. The van der Waals surface area contributed by atoms with Crippen LogP contribution < -0.4 is 5.32 Å². The molecular weight excluding hydrogens is 330 g/mol. The van der Waals surface area contributed by atoms with Gasteiger partial charge in [0, 0.05) is 18.2 Å². The van der Waals surface area contributed by atoms with E-state index in [1.54, 1.807) is 24.1 Å². The van der Waals surface area contributed by atoms with E-state index in [0.717, 1.165) is 16.8 Å². The van der Waals surface area contributed by atoms with Gasteiger partial charge in [0.25, 0.3) is 5.91 Å². The Labute approximate surface area is 154 Å². The molecule has 0 radical (unpaired) electrons. The maximum Gasteiger partial charge on any atom is 0.251 e. The van der Waals surface area contributed by atoms with E-state index in [-0.39, 0.29) is 17.7 Å². The zero-order chi connectivity index (χ0) is 19.4. The first-order chi connectivity index (χ1) is 12.2. The number of rotatable bonds is 6. The van der Waals surface area contributed by atoms with Gasteiger partial charge in [-0.2, -0.15) is 0 Å². The standard InChI is InChI=1S/C20H27N3O3/c1-12(2)18(21-19(24)16-9-7-13(3)8-10-16)20(25)23(6)11-17-14(4)22-26-15(17)5/h7-10,12,18H,11H2,1-6H3,(H,21,24). The van der Waals surface area contributed by atoms with Gasteiger partial charge < -0.3 is 14.7 Å². The van der Waals surface area contributed by atoms with Crippen LogP contribution in [0.4, 0.5) is 0 Å². The third-order valence-electron chi connectivity index (χ3n) is 4.49. The van der Waals surface area contributed by atoms with Crippen molar-refractivity contribution in [1.82, 2.24) is 15.4 Å². The fourth-order valence-corrected chi connectivity index (χ4v) is 2.72. The molecule has 0 saturated carbocycles. The van der Waals surface area contributed by atoms with E-state index in [0.29, 0.717) is 17.9 Å². The molecule has 6 nitrogen and oxygen atoms in total. The Morgan fingerprint density at radius 2 is 1.77 bits per heavy atom. The third-order valence-corrected chi connectivity index (χ3v) is 4.49. The Balaban J connectivity index is 2.11. The fraction of sp³-hybridized carbons (Fsp3) is 0.450. The number of benzene rings is 1. The third kappa shape index (κ3) is 4.50. The Morgan fingerprint density at radius 3 is 2.27 bits per heavy atom. The van der Waals surface area contributed by atoms with E-state index in [1.807, 2.05) is 46.8 Å². The van der Waals surface area contributed by atoms with Crippen LogP contribution in [0.25, 0.3) is 0 Å². The molecule has 2 amide bonds. The Bertz CT molecular complexity index is 759. The maximum absolute atomic E-state index is 12.9. The van der Waals surface area contributed by atoms with Crippen LogP contribution >= 0.6 is 0 Å². The molecular formula is C20H27N3O3. The number of aryl methyl sites for hydroxylation is 3. The highest BCUT2D eigenvalue weighted by molar-refractivity contribution is 5.97. The average Bonchev–Trinajstić information content (AvgIpc) is 2.91. The smallest absolute Gasteiger partial charge is 0.251 e.